The second-order valence-corrected chi connectivity index (χ2v) is 10.3. The molecule has 1 atom stereocenters. The second-order valence-electron chi connectivity index (χ2n) is 8.38. The highest BCUT2D eigenvalue weighted by atomic mass is 32.2. The Balaban J connectivity index is 1.66. The fourth-order valence-electron chi connectivity index (χ4n) is 3.76. The number of rotatable bonds is 6. The summed E-state index contributed by atoms with van der Waals surface area (Å²) in [6.07, 6.45) is 0. The fraction of sp³-hybridized carbons (Fsp3) is 0.375. The van der Waals surface area contributed by atoms with Gasteiger partial charge in [-0.15, -0.1) is 0 Å². The van der Waals surface area contributed by atoms with Gasteiger partial charge in [0.2, 0.25) is 15.9 Å². The van der Waals surface area contributed by atoms with Crippen molar-refractivity contribution in [1.29, 1.82) is 5.26 Å². The smallest absolute Gasteiger partial charge is 0.252 e. The van der Waals surface area contributed by atoms with E-state index in [1.807, 2.05) is 39.0 Å². The van der Waals surface area contributed by atoms with E-state index in [2.05, 4.69) is 5.32 Å². The molecule has 0 spiro atoms. The van der Waals surface area contributed by atoms with Gasteiger partial charge in [-0.2, -0.15) is 9.57 Å². The first kappa shape index (κ1) is 24.4. The molecular weight excluding hydrogens is 440 g/mol. The fourth-order valence-corrected chi connectivity index (χ4v) is 5.18. The van der Waals surface area contributed by atoms with Gasteiger partial charge in [-0.1, -0.05) is 32.0 Å². The summed E-state index contributed by atoms with van der Waals surface area (Å²) in [6, 6.07) is 14.2. The molecule has 1 N–H and O–H groups in total. The summed E-state index contributed by atoms with van der Waals surface area (Å²) in [5.41, 5.74) is 1.73. The lowest BCUT2D eigenvalue weighted by Crippen LogP contribution is -2.57. The summed E-state index contributed by atoms with van der Waals surface area (Å²) in [5.74, 6) is -0.657. The molecule has 0 radical (unpaired) electrons. The average Bonchev–Trinajstić information content (AvgIpc) is 2.82. The standard InChI is InChI=1S/C24H28N4O4S/c1-17(2)22(26-23(29)21-7-5-4-6-18(21)3)24(30)27-12-14-28(15-13-27)33(31,32)20-10-8-19(16-25)9-11-20/h4-11,17,22H,12-15H2,1-3H3,(H,26,29)/t22-/m0/s1. The Bertz CT molecular complexity index is 1160. The predicted molar refractivity (Wildman–Crippen MR) is 124 cm³/mol. The summed E-state index contributed by atoms with van der Waals surface area (Å²) < 4.78 is 27.2. The lowest BCUT2D eigenvalue weighted by molar-refractivity contribution is -0.135. The van der Waals surface area contributed by atoms with Gasteiger partial charge in [-0.05, 0) is 48.7 Å². The van der Waals surface area contributed by atoms with Gasteiger partial charge in [-0.3, -0.25) is 9.59 Å². The molecule has 9 heteroatoms. The molecule has 1 fully saturated rings. The number of benzene rings is 2. The molecule has 1 aliphatic rings. The summed E-state index contributed by atoms with van der Waals surface area (Å²) in [4.78, 5) is 27.7. The minimum atomic E-state index is -3.72. The molecule has 0 saturated carbocycles. The van der Waals surface area contributed by atoms with E-state index in [9.17, 15) is 18.0 Å². The minimum Gasteiger partial charge on any atom is -0.340 e. The highest BCUT2D eigenvalue weighted by Crippen LogP contribution is 2.19. The first-order valence-corrected chi connectivity index (χ1v) is 12.2. The molecule has 174 valence electrons. The third kappa shape index (κ3) is 5.41. The van der Waals surface area contributed by atoms with Gasteiger partial charge in [0, 0.05) is 31.7 Å². The van der Waals surface area contributed by atoms with Crippen molar-refractivity contribution in [3.8, 4) is 6.07 Å². The van der Waals surface area contributed by atoms with E-state index in [4.69, 9.17) is 5.26 Å². The molecule has 1 aliphatic heterocycles. The van der Waals surface area contributed by atoms with E-state index in [0.29, 0.717) is 11.1 Å². The van der Waals surface area contributed by atoms with Crippen molar-refractivity contribution < 1.29 is 18.0 Å². The predicted octanol–water partition coefficient (Wildman–Crippen LogP) is 2.15. The number of piperazine rings is 1. The molecule has 8 nitrogen and oxygen atoms in total. The highest BCUT2D eigenvalue weighted by Gasteiger charge is 2.34. The van der Waals surface area contributed by atoms with Crippen LogP contribution >= 0.6 is 0 Å². The van der Waals surface area contributed by atoms with Crippen LogP contribution in [-0.4, -0.2) is 61.7 Å². The number of amides is 2. The lowest BCUT2D eigenvalue weighted by atomic mass is 10.0. The normalized spacial score (nSPS) is 15.7. The summed E-state index contributed by atoms with van der Waals surface area (Å²) in [7, 11) is -3.72. The number of nitriles is 1. The zero-order valence-electron chi connectivity index (χ0n) is 19.0. The molecule has 1 saturated heterocycles. The largest absolute Gasteiger partial charge is 0.340 e. The van der Waals surface area contributed by atoms with Crippen LogP contribution in [0.5, 0.6) is 0 Å². The van der Waals surface area contributed by atoms with E-state index >= 15 is 0 Å². The zero-order chi connectivity index (χ0) is 24.2. The number of hydrogen-bond donors (Lipinski definition) is 1. The van der Waals surface area contributed by atoms with E-state index in [1.54, 1.807) is 17.0 Å². The van der Waals surface area contributed by atoms with Crippen molar-refractivity contribution in [1.82, 2.24) is 14.5 Å². The molecule has 0 unspecified atom stereocenters. The number of carbonyl (C=O) groups is 2. The number of aryl methyl sites for hydroxylation is 1. The van der Waals surface area contributed by atoms with Crippen molar-refractivity contribution in [3.63, 3.8) is 0 Å². The van der Waals surface area contributed by atoms with Crippen LogP contribution in [0.1, 0.15) is 35.3 Å². The van der Waals surface area contributed by atoms with Crippen molar-refractivity contribution in [2.24, 2.45) is 5.92 Å². The Morgan fingerprint density at radius 3 is 2.15 bits per heavy atom. The molecule has 2 amide bonds. The van der Waals surface area contributed by atoms with Crippen LogP contribution in [0.4, 0.5) is 0 Å². The molecular formula is C24H28N4O4S. The van der Waals surface area contributed by atoms with Gasteiger partial charge >= 0.3 is 0 Å². The van der Waals surface area contributed by atoms with Gasteiger partial charge in [-0.25, -0.2) is 8.42 Å². The van der Waals surface area contributed by atoms with Crippen LogP contribution in [0, 0.1) is 24.2 Å². The monoisotopic (exact) mass is 468 g/mol. The summed E-state index contributed by atoms with van der Waals surface area (Å²) in [5, 5.41) is 11.8. The molecule has 0 aromatic heterocycles. The average molecular weight is 469 g/mol. The number of nitrogens with zero attached hydrogens (tertiary/aromatic N) is 3. The van der Waals surface area contributed by atoms with Gasteiger partial charge in [0.25, 0.3) is 5.91 Å². The summed E-state index contributed by atoms with van der Waals surface area (Å²) in [6.45, 7) is 6.36. The van der Waals surface area contributed by atoms with Crippen LogP contribution in [0.15, 0.2) is 53.4 Å². The Hall–Kier alpha value is -3.22. The topological polar surface area (TPSA) is 111 Å². The molecule has 2 aromatic carbocycles. The van der Waals surface area contributed by atoms with Gasteiger partial charge in [0.05, 0.1) is 16.5 Å². The lowest BCUT2D eigenvalue weighted by Gasteiger charge is -2.36. The van der Waals surface area contributed by atoms with Gasteiger partial charge < -0.3 is 10.2 Å². The highest BCUT2D eigenvalue weighted by molar-refractivity contribution is 7.89. The summed E-state index contributed by atoms with van der Waals surface area (Å²) >= 11 is 0. The van der Waals surface area contributed by atoms with Gasteiger partial charge in [0.1, 0.15) is 6.04 Å². The van der Waals surface area contributed by atoms with E-state index in [0.717, 1.165) is 5.56 Å². The maximum Gasteiger partial charge on any atom is 0.252 e. The Morgan fingerprint density at radius 2 is 1.61 bits per heavy atom. The number of carbonyl (C=O) groups excluding carboxylic acids is 2. The third-order valence-electron chi connectivity index (χ3n) is 5.78. The van der Waals surface area contributed by atoms with Crippen LogP contribution in [0.2, 0.25) is 0 Å². The molecule has 1 heterocycles. The molecule has 0 bridgehead atoms. The second kappa shape index (κ2) is 10.1. The molecule has 0 aliphatic carbocycles. The van der Waals surface area contributed by atoms with Crippen LogP contribution in [0.25, 0.3) is 0 Å². The van der Waals surface area contributed by atoms with Crippen molar-refractivity contribution in [3.05, 3.63) is 65.2 Å². The van der Waals surface area contributed by atoms with E-state index < -0.39 is 16.1 Å². The Kier molecular flexibility index (Phi) is 7.51. The van der Waals surface area contributed by atoms with Crippen molar-refractivity contribution >= 4 is 21.8 Å². The number of sulfonamides is 1. The molecule has 33 heavy (non-hydrogen) atoms. The maximum atomic E-state index is 13.2. The number of nitrogens with one attached hydrogen (secondary N) is 1. The SMILES string of the molecule is Cc1ccccc1C(=O)N[C@H](C(=O)N1CCN(S(=O)(=O)c2ccc(C#N)cc2)CC1)C(C)C. The Labute approximate surface area is 194 Å². The van der Waals surface area contributed by atoms with Crippen molar-refractivity contribution in [2.45, 2.75) is 31.7 Å². The van der Waals surface area contributed by atoms with Crippen LogP contribution in [0.3, 0.4) is 0 Å². The molecule has 2 aromatic rings. The first-order valence-electron chi connectivity index (χ1n) is 10.8. The van der Waals surface area contributed by atoms with Crippen LogP contribution in [-0.2, 0) is 14.8 Å². The quantitative estimate of drug-likeness (QED) is 0.698. The molecule has 3 rings (SSSR count). The van der Waals surface area contributed by atoms with Crippen LogP contribution < -0.4 is 5.32 Å². The minimum absolute atomic E-state index is 0.117. The van der Waals surface area contributed by atoms with E-state index in [1.165, 1.54) is 28.6 Å². The van der Waals surface area contributed by atoms with Crippen molar-refractivity contribution in [2.75, 3.05) is 26.2 Å². The maximum absolute atomic E-state index is 13.2. The zero-order valence-corrected chi connectivity index (χ0v) is 19.8. The first-order chi connectivity index (χ1) is 15.6. The van der Waals surface area contributed by atoms with Gasteiger partial charge in [0.15, 0.2) is 0 Å². The van der Waals surface area contributed by atoms with E-state index in [-0.39, 0.29) is 48.8 Å². The number of hydrogen-bond acceptors (Lipinski definition) is 5. The third-order valence-corrected chi connectivity index (χ3v) is 7.69. The Morgan fingerprint density at radius 1 is 1.00 bits per heavy atom.